The van der Waals surface area contributed by atoms with Crippen LogP contribution in [0.15, 0.2) is 61.2 Å². The highest BCUT2D eigenvalue weighted by Gasteiger charge is 2.06. The molecule has 2 aromatic heterocycles. The summed E-state index contributed by atoms with van der Waals surface area (Å²) >= 11 is 0. The molecule has 3 aromatic rings. The molecule has 0 amide bonds. The van der Waals surface area contributed by atoms with Gasteiger partial charge in [-0.2, -0.15) is 0 Å². The molecule has 2 N–H and O–H groups in total. The Morgan fingerprint density at radius 3 is 2.74 bits per heavy atom. The van der Waals surface area contributed by atoms with Crippen LogP contribution in [0.3, 0.4) is 0 Å². The molecule has 0 aliphatic carbocycles. The van der Waals surface area contributed by atoms with Gasteiger partial charge in [0.15, 0.2) is 0 Å². The van der Waals surface area contributed by atoms with Crippen molar-refractivity contribution in [3.8, 4) is 11.3 Å². The summed E-state index contributed by atoms with van der Waals surface area (Å²) in [6.45, 7) is 0.790. The Morgan fingerprint density at radius 2 is 1.95 bits per heavy atom. The lowest BCUT2D eigenvalue weighted by Gasteiger charge is -2.08. The molecule has 2 heterocycles. The van der Waals surface area contributed by atoms with Gasteiger partial charge in [0.2, 0.25) is 0 Å². The molecule has 4 heteroatoms. The molecule has 0 radical (unpaired) electrons. The Labute approximate surface area is 111 Å². The number of imidazole rings is 1. The molecule has 0 bridgehead atoms. The molecule has 0 atom stereocenters. The first-order chi connectivity index (χ1) is 9.33. The highest BCUT2D eigenvalue weighted by atomic mass is 15.0. The molecule has 0 saturated carbocycles. The van der Waals surface area contributed by atoms with Gasteiger partial charge in [0.05, 0.1) is 18.2 Å². The summed E-state index contributed by atoms with van der Waals surface area (Å²) in [6, 6.07) is 14.1. The lowest BCUT2D eigenvalue weighted by atomic mass is 10.2. The first kappa shape index (κ1) is 11.5. The summed E-state index contributed by atoms with van der Waals surface area (Å²) in [6.07, 6.45) is 5.39. The van der Waals surface area contributed by atoms with Gasteiger partial charge in [0.25, 0.3) is 0 Å². The van der Waals surface area contributed by atoms with Crippen LogP contribution < -0.4 is 5.73 Å². The van der Waals surface area contributed by atoms with E-state index in [-0.39, 0.29) is 0 Å². The highest BCUT2D eigenvalue weighted by molar-refractivity contribution is 5.61. The number of nitrogen functional groups attached to an aromatic ring is 1. The van der Waals surface area contributed by atoms with Gasteiger partial charge in [-0.15, -0.1) is 0 Å². The number of rotatable bonds is 3. The molecule has 1 aromatic carbocycles. The molecule has 0 aliphatic rings. The van der Waals surface area contributed by atoms with E-state index in [0.717, 1.165) is 17.8 Å². The summed E-state index contributed by atoms with van der Waals surface area (Å²) < 4.78 is 2.10. The minimum Gasteiger partial charge on any atom is -0.384 e. The second-order valence-corrected chi connectivity index (χ2v) is 4.36. The fourth-order valence-electron chi connectivity index (χ4n) is 2.07. The summed E-state index contributed by atoms with van der Waals surface area (Å²) in [4.78, 5) is 8.24. The minimum absolute atomic E-state index is 0.518. The lowest BCUT2D eigenvalue weighted by molar-refractivity contribution is 0.805. The van der Waals surface area contributed by atoms with Crippen molar-refractivity contribution in [3.05, 3.63) is 66.7 Å². The van der Waals surface area contributed by atoms with Crippen LogP contribution in [0.5, 0.6) is 0 Å². The molecule has 3 rings (SSSR count). The maximum atomic E-state index is 5.73. The van der Waals surface area contributed by atoms with Crippen LogP contribution in [0.1, 0.15) is 5.56 Å². The van der Waals surface area contributed by atoms with Gasteiger partial charge in [-0.05, 0) is 17.7 Å². The normalized spacial score (nSPS) is 10.5. The summed E-state index contributed by atoms with van der Waals surface area (Å²) in [7, 11) is 0. The first-order valence-electron chi connectivity index (χ1n) is 6.09. The summed E-state index contributed by atoms with van der Waals surface area (Å²) in [5.41, 5.74) is 9.03. The van der Waals surface area contributed by atoms with Gasteiger partial charge in [-0.3, -0.25) is 0 Å². The van der Waals surface area contributed by atoms with Crippen molar-refractivity contribution in [2.75, 3.05) is 5.73 Å². The Hall–Kier alpha value is -2.62. The van der Waals surface area contributed by atoms with E-state index in [1.807, 2.05) is 42.9 Å². The van der Waals surface area contributed by atoms with Crippen molar-refractivity contribution in [1.29, 1.82) is 0 Å². The van der Waals surface area contributed by atoms with Gasteiger partial charge in [-0.25, -0.2) is 9.97 Å². The Morgan fingerprint density at radius 1 is 1.11 bits per heavy atom. The van der Waals surface area contributed by atoms with Crippen molar-refractivity contribution >= 4 is 5.82 Å². The number of anilines is 1. The van der Waals surface area contributed by atoms with E-state index in [0.29, 0.717) is 5.82 Å². The maximum Gasteiger partial charge on any atom is 0.123 e. The fourth-order valence-corrected chi connectivity index (χ4v) is 2.07. The molecule has 0 spiro atoms. The largest absolute Gasteiger partial charge is 0.384 e. The number of nitrogens with zero attached hydrogens (tertiary/aromatic N) is 3. The van der Waals surface area contributed by atoms with Crippen LogP contribution in [0, 0.1) is 0 Å². The topological polar surface area (TPSA) is 56.7 Å². The van der Waals surface area contributed by atoms with E-state index in [9.17, 15) is 0 Å². The van der Waals surface area contributed by atoms with E-state index in [2.05, 4.69) is 26.7 Å². The minimum atomic E-state index is 0.518. The zero-order valence-electron chi connectivity index (χ0n) is 10.4. The van der Waals surface area contributed by atoms with Crippen LogP contribution in [-0.4, -0.2) is 14.5 Å². The van der Waals surface area contributed by atoms with Crippen LogP contribution in [0.4, 0.5) is 5.82 Å². The monoisotopic (exact) mass is 250 g/mol. The average Bonchev–Trinajstić information content (AvgIpc) is 2.88. The van der Waals surface area contributed by atoms with Crippen molar-refractivity contribution in [2.24, 2.45) is 0 Å². The molecule has 0 aliphatic heterocycles. The predicted molar refractivity (Wildman–Crippen MR) is 75.4 cm³/mol. The smallest absolute Gasteiger partial charge is 0.123 e. The Bertz CT molecular complexity index is 673. The molecule has 0 saturated heterocycles. The zero-order chi connectivity index (χ0) is 13.1. The standard InChI is InChI=1S/C15H14N4/c16-15-8-13(6-7-18-15)14-9-17-11-19(14)10-12-4-2-1-3-5-12/h1-9,11H,10H2,(H2,16,18). The zero-order valence-corrected chi connectivity index (χ0v) is 10.4. The molecular formula is C15H14N4. The number of aromatic nitrogens is 3. The summed E-state index contributed by atoms with van der Waals surface area (Å²) in [5, 5.41) is 0. The molecule has 19 heavy (non-hydrogen) atoms. The maximum absolute atomic E-state index is 5.73. The van der Waals surface area contributed by atoms with Crippen LogP contribution >= 0.6 is 0 Å². The third-order valence-electron chi connectivity index (χ3n) is 2.98. The van der Waals surface area contributed by atoms with Crippen LogP contribution in [-0.2, 0) is 6.54 Å². The molecular weight excluding hydrogens is 236 g/mol. The number of pyridine rings is 1. The van der Waals surface area contributed by atoms with E-state index < -0.39 is 0 Å². The lowest BCUT2D eigenvalue weighted by Crippen LogP contribution is -2.00. The predicted octanol–water partition coefficient (Wildman–Crippen LogP) is 2.58. The van der Waals surface area contributed by atoms with Gasteiger partial charge >= 0.3 is 0 Å². The van der Waals surface area contributed by atoms with E-state index in [4.69, 9.17) is 5.73 Å². The molecule has 94 valence electrons. The number of nitrogens with two attached hydrogens (primary N) is 1. The number of hydrogen-bond acceptors (Lipinski definition) is 3. The SMILES string of the molecule is Nc1cc(-c2cncn2Cc2ccccc2)ccn1. The second kappa shape index (κ2) is 4.94. The van der Waals surface area contributed by atoms with Crippen molar-refractivity contribution < 1.29 is 0 Å². The molecule has 0 unspecified atom stereocenters. The summed E-state index contributed by atoms with van der Waals surface area (Å²) in [5.74, 6) is 0.518. The molecule has 0 fully saturated rings. The van der Waals surface area contributed by atoms with Crippen LogP contribution in [0.2, 0.25) is 0 Å². The van der Waals surface area contributed by atoms with Crippen molar-refractivity contribution in [1.82, 2.24) is 14.5 Å². The van der Waals surface area contributed by atoms with Gasteiger partial charge in [-0.1, -0.05) is 30.3 Å². The van der Waals surface area contributed by atoms with Gasteiger partial charge in [0, 0.05) is 18.3 Å². The van der Waals surface area contributed by atoms with Gasteiger partial charge in [0.1, 0.15) is 5.82 Å². The van der Waals surface area contributed by atoms with Crippen molar-refractivity contribution in [2.45, 2.75) is 6.54 Å². The number of hydrogen-bond donors (Lipinski definition) is 1. The first-order valence-corrected chi connectivity index (χ1v) is 6.09. The second-order valence-electron chi connectivity index (χ2n) is 4.36. The van der Waals surface area contributed by atoms with E-state index >= 15 is 0 Å². The van der Waals surface area contributed by atoms with Gasteiger partial charge < -0.3 is 10.3 Å². The van der Waals surface area contributed by atoms with E-state index in [1.165, 1.54) is 5.56 Å². The van der Waals surface area contributed by atoms with E-state index in [1.54, 1.807) is 6.20 Å². The third kappa shape index (κ3) is 2.47. The highest BCUT2D eigenvalue weighted by Crippen LogP contribution is 2.20. The number of benzene rings is 1. The average molecular weight is 250 g/mol. The Balaban J connectivity index is 1.95. The fraction of sp³-hybridized carbons (Fsp3) is 0.0667. The Kier molecular flexibility index (Phi) is 2.98. The quantitative estimate of drug-likeness (QED) is 0.777. The molecule has 4 nitrogen and oxygen atoms in total. The third-order valence-corrected chi connectivity index (χ3v) is 2.98. The van der Waals surface area contributed by atoms with Crippen LogP contribution in [0.25, 0.3) is 11.3 Å². The van der Waals surface area contributed by atoms with Crippen molar-refractivity contribution in [3.63, 3.8) is 0 Å².